The Labute approximate surface area is 90.5 Å². The Hall–Kier alpha value is -1.29. The number of aryl methyl sites for hydroxylation is 1. The van der Waals surface area contributed by atoms with Crippen LogP contribution in [0.25, 0.3) is 0 Å². The number of pyridine rings is 1. The highest BCUT2D eigenvalue weighted by Crippen LogP contribution is 2.17. The highest BCUT2D eigenvalue weighted by atomic mass is 16.3. The van der Waals surface area contributed by atoms with Gasteiger partial charge < -0.3 is 16.2 Å². The number of nitrogen functional groups attached to an aromatic ring is 1. The normalized spacial score (nSPS) is 11.5. The van der Waals surface area contributed by atoms with Crippen LogP contribution in [0.3, 0.4) is 0 Å². The van der Waals surface area contributed by atoms with Crippen LogP contribution in [0.2, 0.25) is 0 Å². The van der Waals surface area contributed by atoms with Gasteiger partial charge in [0.25, 0.3) is 0 Å². The standard InChI is InChI=1S/C11H19N3O/c1-8-4-10(13-5-9(8)12)14-6-11(2,3)7-15/h4-5,15H,6-7,12H2,1-3H3,(H,13,14). The van der Waals surface area contributed by atoms with Crippen molar-refractivity contribution in [3.63, 3.8) is 0 Å². The number of aliphatic hydroxyl groups is 1. The average molecular weight is 209 g/mol. The zero-order valence-corrected chi connectivity index (χ0v) is 9.54. The van der Waals surface area contributed by atoms with Crippen LogP contribution in [0, 0.1) is 12.3 Å². The molecule has 0 saturated heterocycles. The van der Waals surface area contributed by atoms with Gasteiger partial charge in [0.05, 0.1) is 11.9 Å². The molecule has 1 aromatic heterocycles. The number of rotatable bonds is 4. The van der Waals surface area contributed by atoms with E-state index in [0.29, 0.717) is 12.2 Å². The Kier molecular flexibility index (Phi) is 3.52. The third-order valence-electron chi connectivity index (χ3n) is 2.33. The van der Waals surface area contributed by atoms with E-state index < -0.39 is 0 Å². The van der Waals surface area contributed by atoms with Gasteiger partial charge in [-0.05, 0) is 18.6 Å². The minimum Gasteiger partial charge on any atom is -0.397 e. The molecule has 0 aromatic carbocycles. The molecule has 1 aromatic rings. The van der Waals surface area contributed by atoms with Gasteiger partial charge in [-0.15, -0.1) is 0 Å². The van der Waals surface area contributed by atoms with E-state index in [1.165, 1.54) is 0 Å². The van der Waals surface area contributed by atoms with Crippen LogP contribution in [0.4, 0.5) is 11.5 Å². The molecule has 0 aliphatic carbocycles. The maximum absolute atomic E-state index is 9.09. The number of nitrogens with zero attached hydrogens (tertiary/aromatic N) is 1. The SMILES string of the molecule is Cc1cc(NCC(C)(C)CO)ncc1N. The molecule has 4 heteroatoms. The summed E-state index contributed by atoms with van der Waals surface area (Å²) in [4.78, 5) is 4.16. The molecule has 4 nitrogen and oxygen atoms in total. The molecular weight excluding hydrogens is 190 g/mol. The van der Waals surface area contributed by atoms with Gasteiger partial charge in [-0.2, -0.15) is 0 Å². The predicted molar refractivity (Wildman–Crippen MR) is 62.7 cm³/mol. The van der Waals surface area contributed by atoms with E-state index >= 15 is 0 Å². The van der Waals surface area contributed by atoms with Crippen LogP contribution in [0.15, 0.2) is 12.3 Å². The topological polar surface area (TPSA) is 71.2 Å². The summed E-state index contributed by atoms with van der Waals surface area (Å²) in [6.45, 7) is 6.75. The monoisotopic (exact) mass is 209 g/mol. The number of aliphatic hydroxyl groups excluding tert-OH is 1. The number of aromatic nitrogens is 1. The lowest BCUT2D eigenvalue weighted by Gasteiger charge is -2.22. The van der Waals surface area contributed by atoms with Crippen LogP contribution in [0.5, 0.6) is 0 Å². The molecule has 4 N–H and O–H groups in total. The zero-order chi connectivity index (χ0) is 11.5. The first-order valence-corrected chi connectivity index (χ1v) is 5.01. The first-order valence-electron chi connectivity index (χ1n) is 5.01. The summed E-state index contributed by atoms with van der Waals surface area (Å²) in [5.74, 6) is 0.795. The number of nitrogens with two attached hydrogens (primary N) is 1. The lowest BCUT2D eigenvalue weighted by atomic mass is 9.95. The smallest absolute Gasteiger partial charge is 0.126 e. The van der Waals surface area contributed by atoms with Crippen LogP contribution < -0.4 is 11.1 Å². The van der Waals surface area contributed by atoms with Gasteiger partial charge in [0.2, 0.25) is 0 Å². The first-order chi connectivity index (χ1) is 6.94. The minimum absolute atomic E-state index is 0.142. The Morgan fingerprint density at radius 1 is 1.53 bits per heavy atom. The van der Waals surface area contributed by atoms with Crippen molar-refractivity contribution in [3.05, 3.63) is 17.8 Å². The van der Waals surface area contributed by atoms with E-state index in [0.717, 1.165) is 11.4 Å². The van der Waals surface area contributed by atoms with E-state index in [9.17, 15) is 0 Å². The van der Waals surface area contributed by atoms with E-state index in [-0.39, 0.29) is 12.0 Å². The summed E-state index contributed by atoms with van der Waals surface area (Å²) < 4.78 is 0. The van der Waals surface area contributed by atoms with Crippen LogP contribution >= 0.6 is 0 Å². The predicted octanol–water partition coefficient (Wildman–Crippen LogP) is 1.40. The molecule has 1 heterocycles. The fourth-order valence-electron chi connectivity index (χ4n) is 1.05. The molecule has 0 fully saturated rings. The number of hydrogen-bond donors (Lipinski definition) is 3. The minimum atomic E-state index is -0.142. The summed E-state index contributed by atoms with van der Waals surface area (Å²) >= 11 is 0. The fraction of sp³-hybridized carbons (Fsp3) is 0.545. The van der Waals surface area contributed by atoms with Gasteiger partial charge in [0, 0.05) is 18.6 Å². The summed E-state index contributed by atoms with van der Waals surface area (Å²) in [5, 5.41) is 12.3. The molecule has 0 amide bonds. The van der Waals surface area contributed by atoms with Crippen molar-refractivity contribution in [2.75, 3.05) is 24.2 Å². The van der Waals surface area contributed by atoms with E-state index in [4.69, 9.17) is 10.8 Å². The second-order valence-corrected chi connectivity index (χ2v) is 4.60. The third-order valence-corrected chi connectivity index (χ3v) is 2.33. The first kappa shape index (κ1) is 11.8. The Morgan fingerprint density at radius 3 is 2.73 bits per heavy atom. The van der Waals surface area contributed by atoms with Crippen LogP contribution in [-0.4, -0.2) is 23.2 Å². The van der Waals surface area contributed by atoms with Gasteiger partial charge in [-0.25, -0.2) is 4.98 Å². The molecule has 0 atom stereocenters. The van der Waals surface area contributed by atoms with Crippen molar-refractivity contribution >= 4 is 11.5 Å². The largest absolute Gasteiger partial charge is 0.397 e. The van der Waals surface area contributed by atoms with E-state index in [2.05, 4.69) is 10.3 Å². The van der Waals surface area contributed by atoms with Gasteiger partial charge >= 0.3 is 0 Å². The maximum atomic E-state index is 9.09. The molecule has 15 heavy (non-hydrogen) atoms. The maximum Gasteiger partial charge on any atom is 0.126 e. The zero-order valence-electron chi connectivity index (χ0n) is 9.54. The third kappa shape index (κ3) is 3.40. The van der Waals surface area contributed by atoms with Gasteiger partial charge in [0.1, 0.15) is 5.82 Å². The molecule has 0 spiro atoms. The molecule has 0 aliphatic heterocycles. The number of anilines is 2. The molecule has 0 unspecified atom stereocenters. The highest BCUT2D eigenvalue weighted by Gasteiger charge is 2.16. The molecule has 84 valence electrons. The Balaban J connectivity index is 2.62. The summed E-state index contributed by atoms with van der Waals surface area (Å²) in [6, 6.07) is 1.91. The summed E-state index contributed by atoms with van der Waals surface area (Å²) in [6.07, 6.45) is 1.64. The van der Waals surface area contributed by atoms with Crippen molar-refractivity contribution in [1.82, 2.24) is 4.98 Å². The molecular formula is C11H19N3O. The number of nitrogens with one attached hydrogen (secondary N) is 1. The molecule has 0 bridgehead atoms. The van der Waals surface area contributed by atoms with E-state index in [1.54, 1.807) is 6.20 Å². The molecule has 1 rings (SSSR count). The fourth-order valence-corrected chi connectivity index (χ4v) is 1.05. The van der Waals surface area contributed by atoms with Gasteiger partial charge in [0.15, 0.2) is 0 Å². The Morgan fingerprint density at radius 2 is 2.20 bits per heavy atom. The van der Waals surface area contributed by atoms with Gasteiger partial charge in [-0.3, -0.25) is 0 Å². The Bertz CT molecular complexity index is 337. The molecule has 0 radical (unpaired) electrons. The van der Waals surface area contributed by atoms with Crippen LogP contribution in [0.1, 0.15) is 19.4 Å². The lowest BCUT2D eigenvalue weighted by molar-refractivity contribution is 0.170. The van der Waals surface area contributed by atoms with Crippen molar-refractivity contribution < 1.29 is 5.11 Å². The summed E-state index contributed by atoms with van der Waals surface area (Å²) in [7, 11) is 0. The van der Waals surface area contributed by atoms with Crippen molar-refractivity contribution in [2.45, 2.75) is 20.8 Å². The lowest BCUT2D eigenvalue weighted by Crippen LogP contribution is -2.27. The highest BCUT2D eigenvalue weighted by molar-refractivity contribution is 5.50. The van der Waals surface area contributed by atoms with Crippen molar-refractivity contribution in [3.8, 4) is 0 Å². The quantitative estimate of drug-likeness (QED) is 0.701. The number of hydrogen-bond acceptors (Lipinski definition) is 4. The van der Waals surface area contributed by atoms with Crippen molar-refractivity contribution in [2.24, 2.45) is 5.41 Å². The molecule has 0 aliphatic rings. The molecule has 0 saturated carbocycles. The van der Waals surface area contributed by atoms with Crippen LogP contribution in [-0.2, 0) is 0 Å². The second kappa shape index (κ2) is 4.49. The van der Waals surface area contributed by atoms with Gasteiger partial charge in [-0.1, -0.05) is 13.8 Å². The average Bonchev–Trinajstić information content (AvgIpc) is 2.20. The van der Waals surface area contributed by atoms with E-state index in [1.807, 2.05) is 26.8 Å². The van der Waals surface area contributed by atoms with Crippen molar-refractivity contribution in [1.29, 1.82) is 0 Å². The summed E-state index contributed by atoms with van der Waals surface area (Å²) in [5.41, 5.74) is 7.23. The second-order valence-electron chi connectivity index (χ2n) is 4.60.